The van der Waals surface area contributed by atoms with Gasteiger partial charge in [0.05, 0.1) is 13.0 Å². The highest BCUT2D eigenvalue weighted by atomic mass is 16.7. The van der Waals surface area contributed by atoms with E-state index in [1.165, 1.54) is 0 Å². The lowest BCUT2D eigenvalue weighted by molar-refractivity contribution is -0.136. The molecule has 0 saturated carbocycles. The summed E-state index contributed by atoms with van der Waals surface area (Å²) in [5.74, 6) is -0.528. The molecule has 0 aromatic heterocycles. The molecule has 1 amide bonds. The molecule has 88 valence electrons. The molecule has 1 aromatic carbocycles. The van der Waals surface area contributed by atoms with E-state index in [1.807, 2.05) is 30.3 Å². The topological polar surface area (TPSA) is 55.6 Å². The molecule has 16 heavy (non-hydrogen) atoms. The molecule has 0 aliphatic rings. The Balaban J connectivity index is 2.62. The summed E-state index contributed by atoms with van der Waals surface area (Å²) in [4.78, 5) is 16.3. The van der Waals surface area contributed by atoms with Gasteiger partial charge < -0.3 is 10.6 Å². The second-order valence-corrected chi connectivity index (χ2v) is 3.78. The highest BCUT2D eigenvalue weighted by molar-refractivity contribution is 5.77. The van der Waals surface area contributed by atoms with E-state index in [2.05, 4.69) is 0 Å². The van der Waals surface area contributed by atoms with Gasteiger partial charge in [0.2, 0.25) is 5.91 Å². The fraction of sp³-hybridized carbons (Fsp3) is 0.417. The van der Waals surface area contributed by atoms with Crippen molar-refractivity contribution >= 4 is 5.91 Å². The molecular weight excluding hydrogens is 204 g/mol. The summed E-state index contributed by atoms with van der Waals surface area (Å²) in [5.41, 5.74) is 6.47. The normalized spacial score (nSPS) is 12.7. The van der Waals surface area contributed by atoms with E-state index in [1.54, 1.807) is 19.2 Å². The number of nitrogens with two attached hydrogens (primary N) is 1. The number of carbonyl (C=O) groups is 1. The number of hydrogen-bond acceptors (Lipinski definition) is 3. The minimum absolute atomic E-state index is 0.229. The van der Waals surface area contributed by atoms with Gasteiger partial charge >= 0.3 is 0 Å². The molecule has 0 saturated heterocycles. The molecule has 0 aliphatic heterocycles. The summed E-state index contributed by atoms with van der Waals surface area (Å²) < 4.78 is 0. The van der Waals surface area contributed by atoms with Crippen LogP contribution in [0.25, 0.3) is 0 Å². The van der Waals surface area contributed by atoms with Crippen molar-refractivity contribution < 1.29 is 9.63 Å². The summed E-state index contributed by atoms with van der Waals surface area (Å²) in [6, 6.07) is 9.83. The molecule has 0 radical (unpaired) electrons. The second kappa shape index (κ2) is 6.25. The Kier molecular flexibility index (Phi) is 4.95. The van der Waals surface area contributed by atoms with E-state index in [0.717, 1.165) is 5.56 Å². The van der Waals surface area contributed by atoms with Crippen LogP contribution in [-0.4, -0.2) is 31.7 Å². The van der Waals surface area contributed by atoms with Gasteiger partial charge in [0, 0.05) is 13.6 Å². The summed E-state index contributed by atoms with van der Waals surface area (Å²) >= 11 is 0. The van der Waals surface area contributed by atoms with Crippen LogP contribution >= 0.6 is 0 Å². The summed E-state index contributed by atoms with van der Waals surface area (Å²) in [6.45, 7) is 0.501. The zero-order valence-corrected chi connectivity index (χ0v) is 9.72. The Labute approximate surface area is 95.9 Å². The van der Waals surface area contributed by atoms with E-state index in [9.17, 15) is 4.79 Å². The molecule has 0 fully saturated rings. The van der Waals surface area contributed by atoms with Crippen molar-refractivity contribution in [3.05, 3.63) is 35.9 Å². The fourth-order valence-corrected chi connectivity index (χ4v) is 1.54. The van der Waals surface area contributed by atoms with Crippen LogP contribution in [0.15, 0.2) is 30.3 Å². The number of amides is 1. The number of benzene rings is 1. The van der Waals surface area contributed by atoms with Gasteiger partial charge in [-0.1, -0.05) is 30.3 Å². The second-order valence-electron chi connectivity index (χ2n) is 3.78. The third kappa shape index (κ3) is 4.00. The first-order chi connectivity index (χ1) is 7.63. The summed E-state index contributed by atoms with van der Waals surface area (Å²) in [6.07, 6.45) is 0.643. The summed E-state index contributed by atoms with van der Waals surface area (Å²) in [5, 5.41) is 1.61. The lowest BCUT2D eigenvalue weighted by atomic mass is 9.99. The van der Waals surface area contributed by atoms with Crippen molar-refractivity contribution in [1.82, 2.24) is 5.06 Å². The molecule has 4 nitrogen and oxygen atoms in total. The molecule has 0 aliphatic carbocycles. The van der Waals surface area contributed by atoms with Gasteiger partial charge in [-0.05, 0) is 12.0 Å². The minimum atomic E-state index is -0.298. The SMILES string of the molecule is CON(C)C[C@@H](Cc1ccccc1)C(N)=O. The monoisotopic (exact) mass is 222 g/mol. The first-order valence-corrected chi connectivity index (χ1v) is 5.22. The highest BCUT2D eigenvalue weighted by Crippen LogP contribution is 2.09. The van der Waals surface area contributed by atoms with Crippen LogP contribution in [0.4, 0.5) is 0 Å². The predicted octanol–water partition coefficient (Wildman–Crippen LogP) is 0.824. The summed E-state index contributed by atoms with van der Waals surface area (Å²) in [7, 11) is 3.35. The Morgan fingerprint density at radius 2 is 2.06 bits per heavy atom. The average molecular weight is 222 g/mol. The maximum absolute atomic E-state index is 11.3. The van der Waals surface area contributed by atoms with E-state index in [0.29, 0.717) is 13.0 Å². The average Bonchev–Trinajstić information content (AvgIpc) is 2.29. The molecule has 0 spiro atoms. The van der Waals surface area contributed by atoms with Gasteiger partial charge in [-0.15, -0.1) is 0 Å². The number of nitrogens with zero attached hydrogens (tertiary/aromatic N) is 1. The fourth-order valence-electron chi connectivity index (χ4n) is 1.54. The number of carbonyl (C=O) groups excluding carboxylic acids is 1. The van der Waals surface area contributed by atoms with Crippen LogP contribution in [0.5, 0.6) is 0 Å². The zero-order chi connectivity index (χ0) is 12.0. The van der Waals surface area contributed by atoms with Crippen LogP contribution < -0.4 is 5.73 Å². The lowest BCUT2D eigenvalue weighted by Crippen LogP contribution is -2.35. The van der Waals surface area contributed by atoms with E-state index >= 15 is 0 Å². The first kappa shape index (κ1) is 12.7. The highest BCUT2D eigenvalue weighted by Gasteiger charge is 2.18. The quantitative estimate of drug-likeness (QED) is 0.725. The van der Waals surface area contributed by atoms with Crippen molar-refractivity contribution in [3.8, 4) is 0 Å². The largest absolute Gasteiger partial charge is 0.369 e. The molecule has 4 heteroatoms. The molecule has 0 bridgehead atoms. The molecular formula is C12H18N2O2. The van der Waals surface area contributed by atoms with Crippen molar-refractivity contribution in [3.63, 3.8) is 0 Å². The van der Waals surface area contributed by atoms with Crippen LogP contribution in [-0.2, 0) is 16.1 Å². The van der Waals surface area contributed by atoms with Crippen molar-refractivity contribution in [2.45, 2.75) is 6.42 Å². The third-order valence-corrected chi connectivity index (χ3v) is 2.52. The van der Waals surface area contributed by atoms with Gasteiger partial charge in [0.1, 0.15) is 0 Å². The minimum Gasteiger partial charge on any atom is -0.369 e. The van der Waals surface area contributed by atoms with Gasteiger partial charge in [0.25, 0.3) is 0 Å². The van der Waals surface area contributed by atoms with Crippen LogP contribution in [0, 0.1) is 5.92 Å². The molecule has 1 rings (SSSR count). The predicted molar refractivity (Wildman–Crippen MR) is 62.5 cm³/mol. The number of rotatable bonds is 6. The van der Waals surface area contributed by atoms with Gasteiger partial charge in [-0.25, -0.2) is 0 Å². The van der Waals surface area contributed by atoms with Gasteiger partial charge in [-0.3, -0.25) is 4.79 Å². The van der Waals surface area contributed by atoms with Crippen LogP contribution in [0.3, 0.4) is 0 Å². The van der Waals surface area contributed by atoms with Crippen molar-refractivity contribution in [2.75, 3.05) is 20.7 Å². The Hall–Kier alpha value is -1.39. The molecule has 0 unspecified atom stereocenters. The zero-order valence-electron chi connectivity index (χ0n) is 9.72. The Morgan fingerprint density at radius 1 is 1.44 bits per heavy atom. The van der Waals surface area contributed by atoms with Gasteiger partial charge in [-0.2, -0.15) is 5.06 Å². The first-order valence-electron chi connectivity index (χ1n) is 5.22. The molecule has 1 atom stereocenters. The lowest BCUT2D eigenvalue weighted by Gasteiger charge is -2.19. The molecule has 1 aromatic rings. The standard InChI is InChI=1S/C12H18N2O2/c1-14(16-2)9-11(12(13)15)8-10-6-4-3-5-7-10/h3-7,11H,8-9H2,1-2H3,(H2,13,15)/t11-/m1/s1. The maximum atomic E-state index is 11.3. The number of hydrogen-bond donors (Lipinski definition) is 1. The smallest absolute Gasteiger partial charge is 0.222 e. The van der Waals surface area contributed by atoms with E-state index < -0.39 is 0 Å². The van der Waals surface area contributed by atoms with Crippen LogP contribution in [0.1, 0.15) is 5.56 Å². The van der Waals surface area contributed by atoms with Crippen molar-refractivity contribution in [1.29, 1.82) is 0 Å². The number of primary amides is 1. The Bertz CT molecular complexity index is 327. The van der Waals surface area contributed by atoms with E-state index in [-0.39, 0.29) is 11.8 Å². The van der Waals surface area contributed by atoms with Gasteiger partial charge in [0.15, 0.2) is 0 Å². The van der Waals surface area contributed by atoms with Crippen molar-refractivity contribution in [2.24, 2.45) is 11.7 Å². The maximum Gasteiger partial charge on any atom is 0.222 e. The third-order valence-electron chi connectivity index (χ3n) is 2.52. The van der Waals surface area contributed by atoms with Crippen LogP contribution in [0.2, 0.25) is 0 Å². The Morgan fingerprint density at radius 3 is 2.56 bits per heavy atom. The van der Waals surface area contributed by atoms with E-state index in [4.69, 9.17) is 10.6 Å². The number of hydroxylamine groups is 2. The molecule has 0 heterocycles. The molecule has 2 N–H and O–H groups in total.